The van der Waals surface area contributed by atoms with E-state index in [1.165, 1.54) is 0 Å². The second-order valence-electron chi connectivity index (χ2n) is 4.91. The number of nitrogens with one attached hydrogen (secondary N) is 2. The van der Waals surface area contributed by atoms with Crippen LogP contribution in [0, 0.1) is 5.92 Å². The van der Waals surface area contributed by atoms with E-state index in [0.717, 1.165) is 19.4 Å². The minimum Gasteiger partial charge on any atom is -0.384 e. The zero-order valence-corrected chi connectivity index (χ0v) is 10.6. The first-order valence-electron chi connectivity index (χ1n) is 6.13. The normalized spacial score (nSPS) is 27.4. The van der Waals surface area contributed by atoms with Crippen molar-refractivity contribution in [2.45, 2.75) is 45.2 Å². The average Bonchev–Trinajstić information content (AvgIpc) is 2.17. The van der Waals surface area contributed by atoms with Crippen LogP contribution in [0.25, 0.3) is 0 Å². The van der Waals surface area contributed by atoms with E-state index >= 15 is 0 Å². The summed E-state index contributed by atoms with van der Waals surface area (Å²) in [5.74, 6) is 0.452. The molecule has 3 atom stereocenters. The molecule has 16 heavy (non-hydrogen) atoms. The van der Waals surface area contributed by atoms with Crippen molar-refractivity contribution in [1.29, 1.82) is 0 Å². The van der Waals surface area contributed by atoms with Gasteiger partial charge >= 0.3 is 0 Å². The van der Waals surface area contributed by atoms with E-state index in [4.69, 9.17) is 4.74 Å². The Labute approximate surface area is 98.1 Å². The highest BCUT2D eigenvalue weighted by Crippen LogP contribution is 2.09. The molecule has 0 aromatic carbocycles. The lowest BCUT2D eigenvalue weighted by atomic mass is 10.00. The van der Waals surface area contributed by atoms with Gasteiger partial charge in [-0.2, -0.15) is 0 Å². The summed E-state index contributed by atoms with van der Waals surface area (Å²) < 4.78 is 5.02. The average molecular weight is 228 g/mol. The van der Waals surface area contributed by atoms with Crippen molar-refractivity contribution in [3.05, 3.63) is 0 Å². The number of amides is 1. The summed E-state index contributed by atoms with van der Waals surface area (Å²) in [5, 5.41) is 6.48. The first-order valence-corrected chi connectivity index (χ1v) is 6.13. The lowest BCUT2D eigenvalue weighted by Crippen LogP contribution is -2.46. The Kier molecular flexibility index (Phi) is 5.77. The van der Waals surface area contributed by atoms with Crippen LogP contribution in [0.1, 0.15) is 33.1 Å². The lowest BCUT2D eigenvalue weighted by Gasteiger charge is -2.29. The van der Waals surface area contributed by atoms with Gasteiger partial charge in [-0.25, -0.2) is 0 Å². The zero-order valence-electron chi connectivity index (χ0n) is 10.6. The Bertz CT molecular complexity index is 221. The van der Waals surface area contributed by atoms with Crippen LogP contribution in [0.3, 0.4) is 0 Å². The van der Waals surface area contributed by atoms with E-state index < -0.39 is 0 Å². The molecule has 4 nitrogen and oxygen atoms in total. The molecule has 0 saturated carbocycles. The molecule has 0 aromatic heterocycles. The minimum absolute atomic E-state index is 0.156. The monoisotopic (exact) mass is 228 g/mol. The number of carbonyl (C=O) groups is 1. The van der Waals surface area contributed by atoms with Crippen LogP contribution >= 0.6 is 0 Å². The maximum atomic E-state index is 11.7. The van der Waals surface area contributed by atoms with E-state index in [2.05, 4.69) is 17.6 Å². The fraction of sp³-hybridized carbons (Fsp3) is 0.917. The largest absolute Gasteiger partial charge is 0.384 e. The molecule has 3 unspecified atom stereocenters. The molecule has 1 fully saturated rings. The van der Waals surface area contributed by atoms with Crippen LogP contribution in [0.2, 0.25) is 0 Å². The quantitative estimate of drug-likeness (QED) is 0.735. The summed E-state index contributed by atoms with van der Waals surface area (Å²) in [6.07, 6.45) is 2.63. The Morgan fingerprint density at radius 3 is 3.00 bits per heavy atom. The van der Waals surface area contributed by atoms with Crippen molar-refractivity contribution >= 4 is 5.91 Å². The predicted octanol–water partition coefficient (Wildman–Crippen LogP) is 0.916. The Hall–Kier alpha value is -0.610. The Balaban J connectivity index is 2.22. The van der Waals surface area contributed by atoms with Gasteiger partial charge in [-0.3, -0.25) is 4.79 Å². The number of methoxy groups -OCH3 is 1. The van der Waals surface area contributed by atoms with Gasteiger partial charge < -0.3 is 15.4 Å². The maximum absolute atomic E-state index is 11.7. The number of hydrogen-bond donors (Lipinski definition) is 2. The highest BCUT2D eigenvalue weighted by Gasteiger charge is 2.20. The number of carbonyl (C=O) groups excluding carboxylic acids is 1. The number of hydrogen-bond acceptors (Lipinski definition) is 3. The van der Waals surface area contributed by atoms with E-state index in [-0.39, 0.29) is 5.91 Å². The molecule has 1 amide bonds. The summed E-state index contributed by atoms with van der Waals surface area (Å²) in [4.78, 5) is 11.7. The molecule has 1 aliphatic heterocycles. The molecular weight excluding hydrogens is 204 g/mol. The molecule has 0 aliphatic carbocycles. The van der Waals surface area contributed by atoms with Crippen molar-refractivity contribution in [2.75, 3.05) is 20.3 Å². The van der Waals surface area contributed by atoms with Crippen LogP contribution in [0.15, 0.2) is 0 Å². The molecule has 0 bridgehead atoms. The van der Waals surface area contributed by atoms with E-state index in [1.807, 2.05) is 6.92 Å². The third-order valence-corrected chi connectivity index (χ3v) is 2.97. The number of ether oxygens (including phenoxy) is 1. The zero-order chi connectivity index (χ0) is 12.0. The number of piperidine rings is 1. The minimum atomic E-state index is 0.156. The summed E-state index contributed by atoms with van der Waals surface area (Å²) >= 11 is 0. The lowest BCUT2D eigenvalue weighted by molar-refractivity contribution is -0.123. The summed E-state index contributed by atoms with van der Waals surface area (Å²) in [6.45, 7) is 5.84. The van der Waals surface area contributed by atoms with E-state index in [9.17, 15) is 4.79 Å². The van der Waals surface area contributed by atoms with Gasteiger partial charge in [0, 0.05) is 32.2 Å². The van der Waals surface area contributed by atoms with Crippen molar-refractivity contribution in [2.24, 2.45) is 5.92 Å². The molecule has 1 heterocycles. The predicted molar refractivity (Wildman–Crippen MR) is 64.3 cm³/mol. The smallest absolute Gasteiger partial charge is 0.220 e. The third kappa shape index (κ3) is 4.94. The molecule has 0 aromatic rings. The first-order chi connectivity index (χ1) is 7.61. The molecule has 2 N–H and O–H groups in total. The van der Waals surface area contributed by atoms with Gasteiger partial charge in [-0.1, -0.05) is 6.92 Å². The summed E-state index contributed by atoms with van der Waals surface area (Å²) in [7, 11) is 1.67. The van der Waals surface area contributed by atoms with Crippen LogP contribution < -0.4 is 10.6 Å². The van der Waals surface area contributed by atoms with Gasteiger partial charge in [0.05, 0.1) is 0 Å². The van der Waals surface area contributed by atoms with Crippen molar-refractivity contribution in [3.63, 3.8) is 0 Å². The SMILES string of the molecule is COCC(C)CC(=O)NC1CCNC(C)C1. The second-order valence-corrected chi connectivity index (χ2v) is 4.91. The fourth-order valence-corrected chi connectivity index (χ4v) is 2.21. The second kappa shape index (κ2) is 6.86. The van der Waals surface area contributed by atoms with Gasteiger partial charge in [0.15, 0.2) is 0 Å². The molecule has 94 valence electrons. The highest BCUT2D eigenvalue weighted by molar-refractivity contribution is 5.76. The van der Waals surface area contributed by atoms with Gasteiger partial charge in [0.1, 0.15) is 0 Å². The molecule has 0 spiro atoms. The summed E-state index contributed by atoms with van der Waals surface area (Å²) in [5.41, 5.74) is 0. The van der Waals surface area contributed by atoms with Gasteiger partial charge in [-0.05, 0) is 32.2 Å². The molecular formula is C12H24N2O2. The Morgan fingerprint density at radius 1 is 1.62 bits per heavy atom. The van der Waals surface area contributed by atoms with Gasteiger partial charge in [-0.15, -0.1) is 0 Å². The van der Waals surface area contributed by atoms with E-state index in [0.29, 0.717) is 31.0 Å². The van der Waals surface area contributed by atoms with Crippen LogP contribution in [0.4, 0.5) is 0 Å². The molecule has 0 radical (unpaired) electrons. The first kappa shape index (κ1) is 13.5. The topological polar surface area (TPSA) is 50.4 Å². The standard InChI is InChI=1S/C12H24N2O2/c1-9(8-16-3)6-12(15)14-11-4-5-13-10(2)7-11/h9-11,13H,4-8H2,1-3H3,(H,14,15). The maximum Gasteiger partial charge on any atom is 0.220 e. The van der Waals surface area contributed by atoms with E-state index in [1.54, 1.807) is 7.11 Å². The van der Waals surface area contributed by atoms with Crippen molar-refractivity contribution in [3.8, 4) is 0 Å². The third-order valence-electron chi connectivity index (χ3n) is 2.97. The van der Waals surface area contributed by atoms with Crippen molar-refractivity contribution < 1.29 is 9.53 Å². The molecule has 1 aliphatic rings. The molecule has 1 rings (SSSR count). The Morgan fingerprint density at radius 2 is 2.38 bits per heavy atom. The van der Waals surface area contributed by atoms with Crippen LogP contribution in [0.5, 0.6) is 0 Å². The van der Waals surface area contributed by atoms with Crippen LogP contribution in [-0.2, 0) is 9.53 Å². The highest BCUT2D eigenvalue weighted by atomic mass is 16.5. The van der Waals surface area contributed by atoms with Gasteiger partial charge in [0.25, 0.3) is 0 Å². The number of rotatable bonds is 5. The molecule has 4 heteroatoms. The van der Waals surface area contributed by atoms with Crippen LogP contribution in [-0.4, -0.2) is 38.3 Å². The fourth-order valence-electron chi connectivity index (χ4n) is 2.21. The van der Waals surface area contributed by atoms with Crippen molar-refractivity contribution in [1.82, 2.24) is 10.6 Å². The summed E-state index contributed by atoms with van der Waals surface area (Å²) in [6, 6.07) is 0.856. The molecule has 1 saturated heterocycles. The van der Waals surface area contributed by atoms with Gasteiger partial charge in [0.2, 0.25) is 5.91 Å².